The number of carbonyl (C=O) groups is 1. The molecule has 2 rings (SSSR count). The number of aryl methyl sites for hydroxylation is 1. The second-order valence-electron chi connectivity index (χ2n) is 5.05. The van der Waals surface area contributed by atoms with Crippen LogP contribution in [0.1, 0.15) is 42.4 Å². The van der Waals surface area contributed by atoms with E-state index in [1.807, 2.05) is 6.92 Å². The highest BCUT2D eigenvalue weighted by Gasteiger charge is 2.16. The van der Waals surface area contributed by atoms with E-state index >= 15 is 0 Å². The van der Waals surface area contributed by atoms with Gasteiger partial charge in [0.05, 0.1) is 41.4 Å². The van der Waals surface area contributed by atoms with Gasteiger partial charge in [0.2, 0.25) is 0 Å². The topological polar surface area (TPSA) is 81.4 Å². The molecule has 0 aromatic carbocycles. The van der Waals surface area contributed by atoms with Crippen LogP contribution < -0.4 is 5.56 Å². The van der Waals surface area contributed by atoms with Crippen molar-refractivity contribution in [1.82, 2.24) is 9.55 Å². The summed E-state index contributed by atoms with van der Waals surface area (Å²) in [5.41, 5.74) is 1.08. The Morgan fingerprint density at radius 3 is 2.77 bits per heavy atom. The van der Waals surface area contributed by atoms with Crippen LogP contribution in [-0.4, -0.2) is 33.8 Å². The summed E-state index contributed by atoms with van der Waals surface area (Å²) in [6.45, 7) is 5.47. The fraction of sp³-hybridized carbons (Fsp3) is 0.438. The zero-order chi connectivity index (χ0) is 16.3. The molecule has 0 saturated carbocycles. The van der Waals surface area contributed by atoms with Gasteiger partial charge in [0, 0.05) is 6.20 Å². The van der Waals surface area contributed by atoms with E-state index in [1.165, 1.54) is 10.6 Å². The lowest BCUT2D eigenvalue weighted by molar-refractivity contribution is 0.0525. The van der Waals surface area contributed by atoms with E-state index < -0.39 is 5.97 Å². The molecule has 2 aromatic rings. The molecular formula is C16H20N2O4. The second kappa shape index (κ2) is 6.70. The summed E-state index contributed by atoms with van der Waals surface area (Å²) in [6.07, 6.45) is 2.26. The minimum absolute atomic E-state index is 0.119. The molecule has 0 amide bonds. The summed E-state index contributed by atoms with van der Waals surface area (Å²) in [5, 5.41) is 9.73. The number of hydrogen-bond donors (Lipinski definition) is 1. The molecule has 6 nitrogen and oxygen atoms in total. The third-order valence-corrected chi connectivity index (χ3v) is 3.67. The van der Waals surface area contributed by atoms with E-state index in [1.54, 1.807) is 26.1 Å². The molecule has 1 N–H and O–H groups in total. The molecular weight excluding hydrogens is 284 g/mol. The number of rotatable bonds is 5. The first-order chi connectivity index (χ1) is 10.5. The Morgan fingerprint density at radius 1 is 1.45 bits per heavy atom. The van der Waals surface area contributed by atoms with Crippen LogP contribution in [0.15, 0.2) is 23.1 Å². The Bertz CT molecular complexity index is 748. The van der Waals surface area contributed by atoms with E-state index in [-0.39, 0.29) is 24.8 Å². The average molecular weight is 304 g/mol. The molecule has 0 aliphatic carbocycles. The SMILES string of the molecule is CCOC(=O)c1cc2c(=O)n([C@@H](CC)CO)ccc2nc1C. The molecule has 22 heavy (non-hydrogen) atoms. The highest BCUT2D eigenvalue weighted by atomic mass is 16.5. The van der Waals surface area contributed by atoms with Crippen LogP contribution in [0.5, 0.6) is 0 Å². The van der Waals surface area contributed by atoms with Crippen molar-refractivity contribution >= 4 is 16.9 Å². The third kappa shape index (κ3) is 2.87. The van der Waals surface area contributed by atoms with Crippen LogP contribution in [0.4, 0.5) is 0 Å². The first kappa shape index (κ1) is 16.2. The van der Waals surface area contributed by atoms with Crippen molar-refractivity contribution in [2.75, 3.05) is 13.2 Å². The summed E-state index contributed by atoms with van der Waals surface area (Å²) in [7, 11) is 0. The van der Waals surface area contributed by atoms with Gasteiger partial charge in [-0.2, -0.15) is 0 Å². The monoisotopic (exact) mass is 304 g/mol. The minimum Gasteiger partial charge on any atom is -0.462 e. The smallest absolute Gasteiger partial charge is 0.339 e. The lowest BCUT2D eigenvalue weighted by atomic mass is 10.1. The molecule has 0 fully saturated rings. The number of ether oxygens (including phenoxy) is 1. The quantitative estimate of drug-likeness (QED) is 0.852. The van der Waals surface area contributed by atoms with E-state index in [2.05, 4.69) is 4.98 Å². The molecule has 2 heterocycles. The van der Waals surface area contributed by atoms with Gasteiger partial charge >= 0.3 is 5.97 Å². The number of hydrogen-bond acceptors (Lipinski definition) is 5. The highest BCUT2D eigenvalue weighted by Crippen LogP contribution is 2.16. The molecule has 0 aliphatic heterocycles. The number of aliphatic hydroxyl groups is 1. The number of aliphatic hydroxyl groups excluding tert-OH is 1. The maximum atomic E-state index is 12.6. The maximum Gasteiger partial charge on any atom is 0.339 e. The highest BCUT2D eigenvalue weighted by molar-refractivity contribution is 5.94. The van der Waals surface area contributed by atoms with Gasteiger partial charge in [-0.05, 0) is 32.4 Å². The molecule has 0 radical (unpaired) electrons. The van der Waals surface area contributed by atoms with Gasteiger partial charge in [0.25, 0.3) is 5.56 Å². The predicted octanol–water partition coefficient (Wildman–Crippen LogP) is 1.83. The van der Waals surface area contributed by atoms with E-state index in [0.29, 0.717) is 28.6 Å². The van der Waals surface area contributed by atoms with Gasteiger partial charge in [0.15, 0.2) is 0 Å². The average Bonchev–Trinajstić information content (AvgIpc) is 2.50. The van der Waals surface area contributed by atoms with Crippen LogP contribution in [0, 0.1) is 6.92 Å². The standard InChI is InChI=1S/C16H20N2O4/c1-4-11(9-19)18-7-6-14-13(15(18)20)8-12(10(3)17-14)16(21)22-5-2/h6-8,11,19H,4-5,9H2,1-3H3/t11-/m0/s1. The van der Waals surface area contributed by atoms with Crippen molar-refractivity contribution in [1.29, 1.82) is 0 Å². The van der Waals surface area contributed by atoms with E-state index in [9.17, 15) is 14.7 Å². The normalized spacial score (nSPS) is 12.4. The summed E-state index contributed by atoms with van der Waals surface area (Å²) in [4.78, 5) is 28.8. The van der Waals surface area contributed by atoms with E-state index in [0.717, 1.165) is 0 Å². The number of pyridine rings is 2. The Morgan fingerprint density at radius 2 is 2.18 bits per heavy atom. The number of esters is 1. The van der Waals surface area contributed by atoms with Crippen LogP contribution in [0.2, 0.25) is 0 Å². The fourth-order valence-corrected chi connectivity index (χ4v) is 2.40. The number of fused-ring (bicyclic) bond motifs is 1. The largest absolute Gasteiger partial charge is 0.462 e. The first-order valence-corrected chi connectivity index (χ1v) is 7.33. The van der Waals surface area contributed by atoms with Crippen LogP contribution in [0.3, 0.4) is 0 Å². The van der Waals surface area contributed by atoms with Crippen molar-refractivity contribution < 1.29 is 14.6 Å². The third-order valence-electron chi connectivity index (χ3n) is 3.67. The molecule has 0 aliphatic rings. The van der Waals surface area contributed by atoms with Gasteiger partial charge in [-0.3, -0.25) is 9.78 Å². The molecule has 6 heteroatoms. The lowest BCUT2D eigenvalue weighted by Gasteiger charge is -2.16. The Kier molecular flexibility index (Phi) is 4.92. The second-order valence-corrected chi connectivity index (χ2v) is 5.05. The molecule has 0 bridgehead atoms. The first-order valence-electron chi connectivity index (χ1n) is 7.33. The van der Waals surface area contributed by atoms with Crippen molar-refractivity contribution in [3.8, 4) is 0 Å². The maximum absolute atomic E-state index is 12.6. The Hall–Kier alpha value is -2.21. The molecule has 0 spiro atoms. The van der Waals surface area contributed by atoms with Crippen LogP contribution >= 0.6 is 0 Å². The lowest BCUT2D eigenvalue weighted by Crippen LogP contribution is -2.26. The summed E-state index contributed by atoms with van der Waals surface area (Å²) in [6, 6.07) is 2.96. The van der Waals surface area contributed by atoms with Crippen molar-refractivity contribution in [2.24, 2.45) is 0 Å². The van der Waals surface area contributed by atoms with Gasteiger partial charge in [-0.1, -0.05) is 6.92 Å². The number of nitrogens with zero attached hydrogens (tertiary/aromatic N) is 2. The summed E-state index contributed by atoms with van der Waals surface area (Å²) >= 11 is 0. The van der Waals surface area contributed by atoms with E-state index in [4.69, 9.17) is 4.74 Å². The van der Waals surface area contributed by atoms with Crippen LogP contribution in [0.25, 0.3) is 10.9 Å². The van der Waals surface area contributed by atoms with Crippen molar-refractivity contribution in [3.63, 3.8) is 0 Å². The van der Waals surface area contributed by atoms with Gasteiger partial charge in [-0.25, -0.2) is 4.79 Å². The van der Waals surface area contributed by atoms with Gasteiger partial charge in [0.1, 0.15) is 0 Å². The van der Waals surface area contributed by atoms with Gasteiger partial charge < -0.3 is 14.4 Å². The molecule has 0 saturated heterocycles. The number of aromatic nitrogens is 2. The fourth-order valence-electron chi connectivity index (χ4n) is 2.40. The Labute approximate surface area is 128 Å². The molecule has 2 aromatic heterocycles. The molecule has 1 atom stereocenters. The summed E-state index contributed by atoms with van der Waals surface area (Å²) < 4.78 is 6.47. The Balaban J connectivity index is 2.65. The molecule has 0 unspecified atom stereocenters. The molecule has 118 valence electrons. The minimum atomic E-state index is -0.488. The van der Waals surface area contributed by atoms with Gasteiger partial charge in [-0.15, -0.1) is 0 Å². The zero-order valence-electron chi connectivity index (χ0n) is 13.0. The van der Waals surface area contributed by atoms with Crippen LogP contribution in [-0.2, 0) is 4.74 Å². The summed E-state index contributed by atoms with van der Waals surface area (Å²) in [5.74, 6) is -0.488. The zero-order valence-corrected chi connectivity index (χ0v) is 13.0. The van der Waals surface area contributed by atoms with Crippen molar-refractivity contribution in [2.45, 2.75) is 33.2 Å². The van der Waals surface area contributed by atoms with Crippen molar-refractivity contribution in [3.05, 3.63) is 39.9 Å². The number of carbonyl (C=O) groups excluding carboxylic acids is 1. The predicted molar refractivity (Wildman–Crippen MR) is 83.1 cm³/mol.